The van der Waals surface area contributed by atoms with Crippen LogP contribution >= 0.6 is 0 Å². The van der Waals surface area contributed by atoms with Crippen molar-refractivity contribution in [3.05, 3.63) is 0 Å². The van der Waals surface area contributed by atoms with Crippen molar-refractivity contribution >= 4 is 5.97 Å². The summed E-state index contributed by atoms with van der Waals surface area (Å²) < 4.78 is 12.0. The van der Waals surface area contributed by atoms with Crippen LogP contribution in [0.1, 0.15) is 60.8 Å². The van der Waals surface area contributed by atoms with Gasteiger partial charge in [-0.2, -0.15) is 0 Å². The summed E-state index contributed by atoms with van der Waals surface area (Å²) in [6.07, 6.45) is 3.23. The zero-order valence-corrected chi connectivity index (χ0v) is 13.7. The van der Waals surface area contributed by atoms with Crippen molar-refractivity contribution in [2.24, 2.45) is 22.2 Å². The molecule has 2 aliphatic carbocycles. The molecule has 1 heterocycles. The van der Waals surface area contributed by atoms with Gasteiger partial charge in [0.05, 0.1) is 18.3 Å². The summed E-state index contributed by atoms with van der Waals surface area (Å²) in [5.41, 5.74) is -0.608. The maximum absolute atomic E-state index is 13.0. The lowest BCUT2D eigenvalue weighted by molar-refractivity contribution is -0.166. The van der Waals surface area contributed by atoms with Crippen molar-refractivity contribution in [3.8, 4) is 0 Å². The summed E-state index contributed by atoms with van der Waals surface area (Å²) in [5, 5.41) is 0. The molecule has 0 aromatic rings. The van der Waals surface area contributed by atoms with Gasteiger partial charge in [0.1, 0.15) is 5.41 Å². The molecule has 0 amide bonds. The van der Waals surface area contributed by atoms with Crippen LogP contribution in [0.2, 0.25) is 0 Å². The molecular formula is C17H28O3. The van der Waals surface area contributed by atoms with Crippen LogP contribution in [0.4, 0.5) is 0 Å². The Morgan fingerprint density at radius 3 is 2.50 bits per heavy atom. The first-order valence-corrected chi connectivity index (χ1v) is 7.97. The Morgan fingerprint density at radius 2 is 1.90 bits per heavy atom. The van der Waals surface area contributed by atoms with E-state index in [0.29, 0.717) is 6.61 Å². The lowest BCUT2D eigenvalue weighted by atomic mass is 9.62. The number of esters is 1. The third kappa shape index (κ3) is 1.38. The van der Waals surface area contributed by atoms with Gasteiger partial charge in [0.2, 0.25) is 0 Å². The van der Waals surface area contributed by atoms with Crippen LogP contribution in [-0.4, -0.2) is 24.3 Å². The van der Waals surface area contributed by atoms with Crippen molar-refractivity contribution in [2.75, 3.05) is 6.61 Å². The Morgan fingerprint density at radius 1 is 1.25 bits per heavy atom. The molecule has 0 aromatic carbocycles. The molecule has 2 saturated carbocycles. The molecule has 3 heteroatoms. The van der Waals surface area contributed by atoms with Gasteiger partial charge in [0.15, 0.2) is 0 Å². The van der Waals surface area contributed by atoms with Crippen LogP contribution in [0.15, 0.2) is 0 Å². The summed E-state index contributed by atoms with van der Waals surface area (Å²) in [5.74, 6) is 0.275. The van der Waals surface area contributed by atoms with E-state index >= 15 is 0 Å². The highest BCUT2D eigenvalue weighted by molar-refractivity contribution is 5.81. The molecule has 0 N–H and O–H groups in total. The second kappa shape index (κ2) is 3.79. The molecule has 3 aliphatic rings. The first kappa shape index (κ1) is 14.4. The fourth-order valence-electron chi connectivity index (χ4n) is 6.05. The summed E-state index contributed by atoms with van der Waals surface area (Å²) in [6, 6.07) is 0. The predicted octanol–water partition coefficient (Wildman–Crippen LogP) is 3.56. The van der Waals surface area contributed by atoms with Gasteiger partial charge >= 0.3 is 5.97 Å². The Hall–Kier alpha value is -0.570. The van der Waals surface area contributed by atoms with Gasteiger partial charge in [-0.25, -0.2) is 0 Å². The third-order valence-electron chi connectivity index (χ3n) is 6.38. The van der Waals surface area contributed by atoms with Crippen molar-refractivity contribution in [2.45, 2.75) is 72.5 Å². The van der Waals surface area contributed by atoms with E-state index in [2.05, 4.69) is 34.6 Å². The summed E-state index contributed by atoms with van der Waals surface area (Å²) in [7, 11) is 0. The Labute approximate surface area is 122 Å². The molecule has 1 saturated heterocycles. The van der Waals surface area contributed by atoms with Crippen molar-refractivity contribution in [1.29, 1.82) is 0 Å². The van der Waals surface area contributed by atoms with Gasteiger partial charge < -0.3 is 9.47 Å². The van der Waals surface area contributed by atoms with E-state index < -0.39 is 5.41 Å². The standard InChI is InChI=1S/C17H28O3/c1-7-19-13(18)17-11-8-9-16(17,6)10-14(2,3)12(17)20-15(11,4)5/h11-12H,7-10H2,1-6H3/t11-,12-,16+,17-/m1/s1. The highest BCUT2D eigenvalue weighted by Crippen LogP contribution is 2.76. The molecule has 0 radical (unpaired) electrons. The average molecular weight is 280 g/mol. The molecule has 3 fully saturated rings. The largest absolute Gasteiger partial charge is 0.465 e. The van der Waals surface area contributed by atoms with Gasteiger partial charge in [-0.05, 0) is 50.9 Å². The number of carbonyl (C=O) groups is 1. The fourth-order valence-corrected chi connectivity index (χ4v) is 6.05. The fraction of sp³-hybridized carbons (Fsp3) is 0.941. The van der Waals surface area contributed by atoms with E-state index in [4.69, 9.17) is 9.47 Å². The maximum atomic E-state index is 13.0. The number of hydrogen-bond donors (Lipinski definition) is 0. The van der Waals surface area contributed by atoms with Gasteiger partial charge in [0.25, 0.3) is 0 Å². The van der Waals surface area contributed by atoms with Gasteiger partial charge in [-0.3, -0.25) is 4.79 Å². The summed E-state index contributed by atoms with van der Waals surface area (Å²) in [6.45, 7) is 13.4. The smallest absolute Gasteiger partial charge is 0.315 e. The molecule has 3 nitrogen and oxygen atoms in total. The summed E-state index contributed by atoms with van der Waals surface area (Å²) in [4.78, 5) is 13.0. The minimum Gasteiger partial charge on any atom is -0.465 e. The van der Waals surface area contributed by atoms with E-state index in [-0.39, 0.29) is 34.4 Å². The zero-order chi connectivity index (χ0) is 15.0. The second-order valence-electron chi connectivity index (χ2n) is 8.51. The lowest BCUT2D eigenvalue weighted by Crippen LogP contribution is -2.49. The van der Waals surface area contributed by atoms with Gasteiger partial charge in [-0.1, -0.05) is 20.8 Å². The van der Waals surface area contributed by atoms with Crippen LogP contribution in [0.25, 0.3) is 0 Å². The van der Waals surface area contributed by atoms with Crippen LogP contribution < -0.4 is 0 Å². The molecule has 0 bridgehead atoms. The van der Waals surface area contributed by atoms with Crippen LogP contribution in [0, 0.1) is 22.2 Å². The lowest BCUT2D eigenvalue weighted by Gasteiger charge is -2.38. The first-order valence-electron chi connectivity index (χ1n) is 7.97. The van der Waals surface area contributed by atoms with Crippen molar-refractivity contribution in [1.82, 2.24) is 0 Å². The Kier molecular flexibility index (Phi) is 2.72. The molecule has 0 aromatic heterocycles. The normalized spacial score (nSPS) is 47.3. The van der Waals surface area contributed by atoms with Crippen LogP contribution in [0.3, 0.4) is 0 Å². The van der Waals surface area contributed by atoms with Crippen LogP contribution in [0.5, 0.6) is 0 Å². The van der Waals surface area contributed by atoms with E-state index in [1.54, 1.807) is 0 Å². The van der Waals surface area contributed by atoms with E-state index in [1.165, 1.54) is 0 Å². The molecule has 1 aliphatic heterocycles. The monoisotopic (exact) mass is 280 g/mol. The molecule has 20 heavy (non-hydrogen) atoms. The Balaban J connectivity index is 2.18. The van der Waals surface area contributed by atoms with Gasteiger partial charge in [0, 0.05) is 5.92 Å². The minimum absolute atomic E-state index is 0.00819. The topological polar surface area (TPSA) is 35.5 Å². The van der Waals surface area contributed by atoms with Crippen LogP contribution in [-0.2, 0) is 14.3 Å². The number of carbonyl (C=O) groups excluding carboxylic acids is 1. The number of ether oxygens (including phenoxy) is 2. The quantitative estimate of drug-likeness (QED) is 0.726. The highest BCUT2D eigenvalue weighted by Gasteiger charge is 2.80. The third-order valence-corrected chi connectivity index (χ3v) is 6.38. The van der Waals surface area contributed by atoms with Gasteiger partial charge in [-0.15, -0.1) is 0 Å². The highest BCUT2D eigenvalue weighted by atomic mass is 16.6. The van der Waals surface area contributed by atoms with E-state index in [0.717, 1.165) is 19.3 Å². The molecule has 114 valence electrons. The predicted molar refractivity (Wildman–Crippen MR) is 77.2 cm³/mol. The van der Waals surface area contributed by atoms with Crippen molar-refractivity contribution < 1.29 is 14.3 Å². The second-order valence-corrected chi connectivity index (χ2v) is 8.51. The molecule has 0 spiro atoms. The van der Waals surface area contributed by atoms with Crippen molar-refractivity contribution in [3.63, 3.8) is 0 Å². The molecular weight excluding hydrogens is 252 g/mol. The number of hydrogen-bond acceptors (Lipinski definition) is 3. The number of rotatable bonds is 2. The first-order chi connectivity index (χ1) is 9.12. The molecule has 3 rings (SSSR count). The minimum atomic E-state index is -0.435. The SMILES string of the molecule is CCOC(=O)[C@]12[C@@H]3OC(C)(C)[C@H]1CC[C@@]2(C)CC3(C)C. The van der Waals surface area contributed by atoms with E-state index in [9.17, 15) is 4.79 Å². The summed E-state index contributed by atoms with van der Waals surface area (Å²) >= 11 is 0. The zero-order valence-electron chi connectivity index (χ0n) is 13.7. The molecule has 4 atom stereocenters. The average Bonchev–Trinajstić information content (AvgIpc) is 2.78. The van der Waals surface area contributed by atoms with E-state index in [1.807, 2.05) is 6.92 Å². The maximum Gasteiger partial charge on any atom is 0.315 e. The Bertz CT molecular complexity index is 453. The molecule has 0 unspecified atom stereocenters.